The SMILES string of the molecule is COC(=O)C1=CCCC2CCC1N2C(=O)OC(C)(C)C. The Labute approximate surface area is 119 Å². The molecule has 2 rings (SSSR count). The highest BCUT2D eigenvalue weighted by atomic mass is 16.6. The summed E-state index contributed by atoms with van der Waals surface area (Å²) in [6.45, 7) is 5.55. The van der Waals surface area contributed by atoms with Gasteiger partial charge in [0.05, 0.1) is 18.7 Å². The average molecular weight is 281 g/mol. The van der Waals surface area contributed by atoms with E-state index in [0.29, 0.717) is 5.57 Å². The summed E-state index contributed by atoms with van der Waals surface area (Å²) in [5.74, 6) is -0.342. The molecule has 0 N–H and O–H groups in total. The highest BCUT2D eigenvalue weighted by Gasteiger charge is 2.43. The first-order valence-electron chi connectivity index (χ1n) is 7.13. The molecule has 2 aliphatic heterocycles. The van der Waals surface area contributed by atoms with E-state index in [1.807, 2.05) is 26.8 Å². The van der Waals surface area contributed by atoms with Crippen molar-refractivity contribution < 1.29 is 19.1 Å². The lowest BCUT2D eigenvalue weighted by molar-refractivity contribution is -0.136. The summed E-state index contributed by atoms with van der Waals surface area (Å²) in [5, 5.41) is 0. The molecule has 20 heavy (non-hydrogen) atoms. The minimum Gasteiger partial charge on any atom is -0.466 e. The number of ether oxygens (including phenoxy) is 2. The van der Waals surface area contributed by atoms with Crippen LogP contribution in [0.2, 0.25) is 0 Å². The van der Waals surface area contributed by atoms with Crippen LogP contribution in [0.5, 0.6) is 0 Å². The van der Waals surface area contributed by atoms with Gasteiger partial charge in [-0.25, -0.2) is 9.59 Å². The monoisotopic (exact) mass is 281 g/mol. The molecule has 0 radical (unpaired) electrons. The molecule has 112 valence electrons. The summed E-state index contributed by atoms with van der Waals surface area (Å²) in [6, 6.07) is -0.0435. The summed E-state index contributed by atoms with van der Waals surface area (Å²) in [5.41, 5.74) is 0.0659. The second kappa shape index (κ2) is 5.46. The lowest BCUT2D eigenvalue weighted by Gasteiger charge is -2.31. The first-order valence-corrected chi connectivity index (χ1v) is 7.13. The third-order valence-corrected chi connectivity index (χ3v) is 3.75. The maximum atomic E-state index is 12.4. The van der Waals surface area contributed by atoms with Gasteiger partial charge in [0.15, 0.2) is 0 Å². The summed E-state index contributed by atoms with van der Waals surface area (Å²) < 4.78 is 10.3. The fourth-order valence-corrected chi connectivity index (χ4v) is 2.97. The Morgan fingerprint density at radius 1 is 1.25 bits per heavy atom. The molecule has 0 aromatic carbocycles. The summed E-state index contributed by atoms with van der Waals surface area (Å²) in [7, 11) is 1.37. The van der Waals surface area contributed by atoms with E-state index in [1.54, 1.807) is 4.90 Å². The number of allylic oxidation sites excluding steroid dienone is 1. The van der Waals surface area contributed by atoms with Crippen molar-refractivity contribution in [2.45, 2.75) is 64.1 Å². The van der Waals surface area contributed by atoms with Crippen molar-refractivity contribution in [3.8, 4) is 0 Å². The van der Waals surface area contributed by atoms with Gasteiger partial charge in [-0.1, -0.05) is 6.08 Å². The number of nitrogens with zero attached hydrogens (tertiary/aromatic N) is 1. The van der Waals surface area contributed by atoms with Crippen LogP contribution in [0.25, 0.3) is 0 Å². The normalized spacial score (nSPS) is 25.8. The predicted molar refractivity (Wildman–Crippen MR) is 74.2 cm³/mol. The predicted octanol–water partition coefficient (Wildman–Crippen LogP) is 2.65. The number of carbonyl (C=O) groups excluding carboxylic acids is 2. The molecule has 5 heteroatoms. The van der Waals surface area contributed by atoms with Crippen molar-refractivity contribution >= 4 is 12.1 Å². The highest BCUT2D eigenvalue weighted by molar-refractivity contribution is 5.91. The Hall–Kier alpha value is -1.52. The molecule has 0 aliphatic carbocycles. The van der Waals surface area contributed by atoms with Crippen molar-refractivity contribution in [2.24, 2.45) is 0 Å². The quantitative estimate of drug-likeness (QED) is 0.693. The summed E-state index contributed by atoms with van der Waals surface area (Å²) >= 11 is 0. The minimum atomic E-state index is -0.530. The molecule has 1 amide bonds. The maximum absolute atomic E-state index is 12.4. The van der Waals surface area contributed by atoms with Crippen LogP contribution in [0.15, 0.2) is 11.6 Å². The molecular weight excluding hydrogens is 258 g/mol. The van der Waals surface area contributed by atoms with E-state index in [2.05, 4.69) is 0 Å². The molecule has 2 unspecified atom stereocenters. The second-order valence-corrected chi connectivity index (χ2v) is 6.36. The molecule has 0 aromatic rings. The number of esters is 1. The first kappa shape index (κ1) is 14.9. The molecule has 1 saturated heterocycles. The second-order valence-electron chi connectivity index (χ2n) is 6.36. The minimum absolute atomic E-state index is 0.160. The Morgan fingerprint density at radius 2 is 1.95 bits per heavy atom. The Kier molecular flexibility index (Phi) is 4.06. The van der Waals surface area contributed by atoms with Gasteiger partial charge in [-0.2, -0.15) is 0 Å². The van der Waals surface area contributed by atoms with Crippen LogP contribution < -0.4 is 0 Å². The third kappa shape index (κ3) is 2.97. The Balaban J connectivity index is 2.23. The molecule has 2 atom stereocenters. The van der Waals surface area contributed by atoms with E-state index in [-0.39, 0.29) is 24.1 Å². The molecular formula is C15H23NO4. The van der Waals surface area contributed by atoms with Gasteiger partial charge in [0, 0.05) is 6.04 Å². The smallest absolute Gasteiger partial charge is 0.411 e. The number of rotatable bonds is 1. The number of carbonyl (C=O) groups is 2. The van der Waals surface area contributed by atoms with Gasteiger partial charge in [0.25, 0.3) is 0 Å². The van der Waals surface area contributed by atoms with Gasteiger partial charge in [0.2, 0.25) is 0 Å². The van der Waals surface area contributed by atoms with Gasteiger partial charge >= 0.3 is 12.1 Å². The van der Waals surface area contributed by atoms with E-state index in [9.17, 15) is 9.59 Å². The lowest BCUT2D eigenvalue weighted by Crippen LogP contribution is -2.45. The van der Waals surface area contributed by atoms with Crippen molar-refractivity contribution in [3.63, 3.8) is 0 Å². The van der Waals surface area contributed by atoms with E-state index in [4.69, 9.17) is 9.47 Å². The van der Waals surface area contributed by atoms with Gasteiger partial charge in [-0.05, 0) is 46.5 Å². The standard InChI is InChI=1S/C15H23NO4/c1-15(2,3)20-14(18)16-10-6-5-7-11(13(17)19-4)12(16)9-8-10/h7,10,12H,5-6,8-9H2,1-4H3. The number of amides is 1. The van der Waals surface area contributed by atoms with Crippen molar-refractivity contribution in [1.82, 2.24) is 4.90 Å². The number of methoxy groups -OCH3 is 1. The highest BCUT2D eigenvalue weighted by Crippen LogP contribution is 2.36. The zero-order chi connectivity index (χ0) is 14.9. The average Bonchev–Trinajstić information content (AvgIpc) is 2.63. The zero-order valence-electron chi connectivity index (χ0n) is 12.6. The molecule has 0 aromatic heterocycles. The molecule has 2 heterocycles. The van der Waals surface area contributed by atoms with E-state index < -0.39 is 5.60 Å². The molecule has 2 bridgehead atoms. The Morgan fingerprint density at radius 3 is 2.55 bits per heavy atom. The largest absolute Gasteiger partial charge is 0.466 e. The number of fused-ring (bicyclic) bond motifs is 2. The lowest BCUT2D eigenvalue weighted by atomic mass is 10.00. The van der Waals surface area contributed by atoms with Crippen LogP contribution in [0.3, 0.4) is 0 Å². The molecule has 5 nitrogen and oxygen atoms in total. The first-order chi connectivity index (χ1) is 9.33. The molecule has 0 saturated carbocycles. The van der Waals surface area contributed by atoms with Crippen molar-refractivity contribution in [2.75, 3.05) is 7.11 Å². The van der Waals surface area contributed by atoms with Gasteiger partial charge in [-0.15, -0.1) is 0 Å². The number of hydrogen-bond donors (Lipinski definition) is 0. The molecule has 2 aliphatic rings. The van der Waals surface area contributed by atoms with Crippen LogP contribution in [-0.4, -0.2) is 41.8 Å². The summed E-state index contributed by atoms with van der Waals surface area (Å²) in [4.78, 5) is 26.0. The van der Waals surface area contributed by atoms with E-state index >= 15 is 0 Å². The topological polar surface area (TPSA) is 55.8 Å². The van der Waals surface area contributed by atoms with Gasteiger partial charge < -0.3 is 9.47 Å². The van der Waals surface area contributed by atoms with Crippen LogP contribution in [-0.2, 0) is 14.3 Å². The summed E-state index contributed by atoms with van der Waals surface area (Å²) in [6.07, 6.45) is 4.96. The maximum Gasteiger partial charge on any atom is 0.411 e. The van der Waals surface area contributed by atoms with E-state index in [0.717, 1.165) is 25.7 Å². The van der Waals surface area contributed by atoms with Crippen LogP contribution in [0.4, 0.5) is 4.79 Å². The van der Waals surface area contributed by atoms with Crippen molar-refractivity contribution in [1.29, 1.82) is 0 Å². The van der Waals surface area contributed by atoms with Gasteiger partial charge in [-0.3, -0.25) is 4.90 Å². The fourth-order valence-electron chi connectivity index (χ4n) is 2.97. The molecule has 0 spiro atoms. The third-order valence-electron chi connectivity index (χ3n) is 3.75. The van der Waals surface area contributed by atoms with Crippen molar-refractivity contribution in [3.05, 3.63) is 11.6 Å². The van der Waals surface area contributed by atoms with Crippen LogP contribution in [0, 0.1) is 0 Å². The number of hydrogen-bond acceptors (Lipinski definition) is 4. The van der Waals surface area contributed by atoms with E-state index in [1.165, 1.54) is 7.11 Å². The Bertz CT molecular complexity index is 436. The zero-order valence-corrected chi connectivity index (χ0v) is 12.6. The van der Waals surface area contributed by atoms with Gasteiger partial charge in [0.1, 0.15) is 5.60 Å². The van der Waals surface area contributed by atoms with Crippen LogP contribution >= 0.6 is 0 Å². The fraction of sp³-hybridized carbons (Fsp3) is 0.733. The molecule has 1 fully saturated rings. The van der Waals surface area contributed by atoms with Crippen LogP contribution in [0.1, 0.15) is 46.5 Å².